The van der Waals surface area contributed by atoms with Gasteiger partial charge in [0.05, 0.1) is 5.92 Å². The number of guanidine groups is 1. The number of halogens is 1. The molecule has 0 unspecified atom stereocenters. The predicted octanol–water partition coefficient (Wildman–Crippen LogP) is 0.785. The summed E-state index contributed by atoms with van der Waals surface area (Å²) in [6.45, 7) is 1.39. The lowest BCUT2D eigenvalue weighted by Crippen LogP contribution is -2.28. The van der Waals surface area contributed by atoms with Crippen molar-refractivity contribution in [1.82, 2.24) is 4.90 Å². The van der Waals surface area contributed by atoms with Crippen molar-refractivity contribution in [3.8, 4) is 0 Å². The van der Waals surface area contributed by atoms with Gasteiger partial charge in [0.25, 0.3) is 5.91 Å². The molecular weight excluding hydrogens is 264 g/mol. The number of rotatable bonds is 2. The summed E-state index contributed by atoms with van der Waals surface area (Å²) in [5.41, 5.74) is 11.5. The summed E-state index contributed by atoms with van der Waals surface area (Å²) in [5, 5.41) is 0.672. The van der Waals surface area contributed by atoms with Crippen LogP contribution in [-0.2, 0) is 4.79 Å². The van der Waals surface area contributed by atoms with Crippen LogP contribution in [0, 0.1) is 5.92 Å². The highest BCUT2D eigenvalue weighted by Crippen LogP contribution is 2.36. The number of likely N-dealkylation sites (N-methyl/N-ethyl adjacent to an activating group) is 1. The number of hydrogen-bond donors (Lipinski definition) is 2. The third-order valence-corrected chi connectivity index (χ3v) is 3.71. The van der Waals surface area contributed by atoms with Crippen molar-refractivity contribution in [3.05, 3.63) is 34.9 Å². The number of aliphatic imine (C=N–C) groups is 1. The van der Waals surface area contributed by atoms with Gasteiger partial charge in [-0.25, -0.2) is 0 Å². The van der Waals surface area contributed by atoms with Gasteiger partial charge in [0.15, 0.2) is 5.96 Å². The minimum atomic E-state index is -0.283. The molecule has 102 valence electrons. The van der Waals surface area contributed by atoms with Crippen LogP contribution in [0.3, 0.4) is 0 Å². The zero-order valence-corrected chi connectivity index (χ0v) is 11.5. The van der Waals surface area contributed by atoms with E-state index in [9.17, 15) is 4.79 Å². The molecule has 1 aromatic carbocycles. The van der Waals surface area contributed by atoms with E-state index in [1.54, 1.807) is 0 Å². The number of nitrogens with two attached hydrogens (primary N) is 2. The molecule has 2 atom stereocenters. The van der Waals surface area contributed by atoms with E-state index < -0.39 is 0 Å². The number of nitrogens with zero attached hydrogens (tertiary/aromatic N) is 2. The zero-order valence-electron chi connectivity index (χ0n) is 10.7. The van der Waals surface area contributed by atoms with Crippen molar-refractivity contribution >= 4 is 23.5 Å². The van der Waals surface area contributed by atoms with E-state index in [0.29, 0.717) is 11.6 Å². The first-order chi connectivity index (χ1) is 8.99. The number of amides is 1. The smallest absolute Gasteiger partial charge is 0.253 e. The van der Waals surface area contributed by atoms with Gasteiger partial charge in [0, 0.05) is 24.0 Å². The number of carbonyl (C=O) groups excluding carboxylic acids is 1. The van der Waals surface area contributed by atoms with E-state index in [0.717, 1.165) is 12.1 Å². The Kier molecular flexibility index (Phi) is 4.07. The normalized spacial score (nSPS) is 23.3. The van der Waals surface area contributed by atoms with Gasteiger partial charge in [-0.05, 0) is 18.7 Å². The molecule has 5 nitrogen and oxygen atoms in total. The standard InChI is InChI=1S/C13H17ClN4O/c1-18-6-9(8-4-2-3-5-11(8)14)10(7-18)12(19)17-13(15)16/h2-5,9-10H,6-7H2,1H3,(H4,15,16,17,19)/t9-,10+/m1/s1. The first-order valence-corrected chi connectivity index (χ1v) is 6.43. The van der Waals surface area contributed by atoms with Crippen LogP contribution in [0.4, 0.5) is 0 Å². The molecule has 0 bridgehead atoms. The molecule has 0 radical (unpaired) electrons. The first-order valence-electron chi connectivity index (χ1n) is 6.05. The monoisotopic (exact) mass is 280 g/mol. The molecule has 0 aromatic heterocycles. The summed E-state index contributed by atoms with van der Waals surface area (Å²) in [6, 6.07) is 7.57. The van der Waals surface area contributed by atoms with E-state index in [-0.39, 0.29) is 23.7 Å². The quantitative estimate of drug-likeness (QED) is 0.619. The Bertz CT molecular complexity index is 513. The van der Waals surface area contributed by atoms with Gasteiger partial charge in [-0.3, -0.25) is 4.79 Å². The maximum atomic E-state index is 12.1. The molecule has 1 aliphatic rings. The summed E-state index contributed by atoms with van der Waals surface area (Å²) in [7, 11) is 1.96. The Balaban J connectivity index is 2.31. The number of hydrogen-bond acceptors (Lipinski definition) is 2. The van der Waals surface area contributed by atoms with Crippen molar-refractivity contribution in [2.75, 3.05) is 20.1 Å². The van der Waals surface area contributed by atoms with Crippen LogP contribution >= 0.6 is 11.6 Å². The van der Waals surface area contributed by atoms with Crippen LogP contribution in [0.25, 0.3) is 0 Å². The molecule has 1 fully saturated rings. The minimum absolute atomic E-state index is 0.0225. The second-order valence-electron chi connectivity index (χ2n) is 4.83. The Hall–Kier alpha value is -1.59. The lowest BCUT2D eigenvalue weighted by atomic mass is 9.88. The average Bonchev–Trinajstić information content (AvgIpc) is 2.71. The van der Waals surface area contributed by atoms with Gasteiger partial charge in [-0.2, -0.15) is 4.99 Å². The van der Waals surface area contributed by atoms with Gasteiger partial charge >= 0.3 is 0 Å². The van der Waals surface area contributed by atoms with Crippen LogP contribution in [0.5, 0.6) is 0 Å². The summed E-state index contributed by atoms with van der Waals surface area (Å²) in [6.07, 6.45) is 0. The van der Waals surface area contributed by atoms with E-state index in [4.69, 9.17) is 23.1 Å². The minimum Gasteiger partial charge on any atom is -0.370 e. The predicted molar refractivity (Wildman–Crippen MR) is 76.0 cm³/mol. The van der Waals surface area contributed by atoms with E-state index in [2.05, 4.69) is 9.89 Å². The van der Waals surface area contributed by atoms with Crippen molar-refractivity contribution in [1.29, 1.82) is 0 Å². The van der Waals surface area contributed by atoms with Crippen molar-refractivity contribution in [2.45, 2.75) is 5.92 Å². The SMILES string of the molecule is CN1C[C@H](C(=O)N=C(N)N)[C@@H](c2ccccc2Cl)C1. The van der Waals surface area contributed by atoms with Crippen molar-refractivity contribution in [2.24, 2.45) is 22.4 Å². The Labute approximate surface area is 117 Å². The largest absolute Gasteiger partial charge is 0.370 e. The molecule has 1 aromatic rings. The Morgan fingerprint density at radius 2 is 2.05 bits per heavy atom. The van der Waals surface area contributed by atoms with E-state index >= 15 is 0 Å². The number of likely N-dealkylation sites (tertiary alicyclic amines) is 1. The molecule has 2 rings (SSSR count). The number of carbonyl (C=O) groups is 1. The van der Waals surface area contributed by atoms with Crippen LogP contribution in [-0.4, -0.2) is 36.9 Å². The highest BCUT2D eigenvalue weighted by molar-refractivity contribution is 6.31. The van der Waals surface area contributed by atoms with Crippen LogP contribution in [0.1, 0.15) is 11.5 Å². The second kappa shape index (κ2) is 5.59. The second-order valence-corrected chi connectivity index (χ2v) is 5.24. The highest BCUT2D eigenvalue weighted by Gasteiger charge is 2.37. The van der Waals surface area contributed by atoms with Crippen LogP contribution in [0.15, 0.2) is 29.3 Å². The van der Waals surface area contributed by atoms with Crippen molar-refractivity contribution in [3.63, 3.8) is 0 Å². The van der Waals surface area contributed by atoms with Gasteiger partial charge in [0.1, 0.15) is 0 Å². The van der Waals surface area contributed by atoms with E-state index in [1.165, 1.54) is 0 Å². The summed E-state index contributed by atoms with van der Waals surface area (Å²) < 4.78 is 0. The summed E-state index contributed by atoms with van der Waals surface area (Å²) in [5.74, 6) is -0.715. The topological polar surface area (TPSA) is 84.7 Å². The molecule has 1 heterocycles. The van der Waals surface area contributed by atoms with Crippen LogP contribution < -0.4 is 11.5 Å². The third kappa shape index (κ3) is 3.05. The summed E-state index contributed by atoms with van der Waals surface area (Å²) in [4.78, 5) is 17.8. The molecule has 1 saturated heterocycles. The fourth-order valence-corrected chi connectivity index (χ4v) is 2.83. The fraction of sp³-hybridized carbons (Fsp3) is 0.385. The molecule has 0 spiro atoms. The maximum absolute atomic E-state index is 12.1. The molecule has 1 aliphatic heterocycles. The number of benzene rings is 1. The zero-order chi connectivity index (χ0) is 14.0. The maximum Gasteiger partial charge on any atom is 0.253 e. The van der Waals surface area contributed by atoms with Gasteiger partial charge < -0.3 is 16.4 Å². The van der Waals surface area contributed by atoms with Gasteiger partial charge in [0.2, 0.25) is 0 Å². The third-order valence-electron chi connectivity index (χ3n) is 3.36. The van der Waals surface area contributed by atoms with Gasteiger partial charge in [-0.1, -0.05) is 29.8 Å². The molecule has 1 amide bonds. The molecule has 0 saturated carbocycles. The lowest BCUT2D eigenvalue weighted by Gasteiger charge is -2.17. The van der Waals surface area contributed by atoms with Gasteiger partial charge in [-0.15, -0.1) is 0 Å². The molecule has 0 aliphatic carbocycles. The lowest BCUT2D eigenvalue weighted by molar-refractivity contribution is -0.121. The summed E-state index contributed by atoms with van der Waals surface area (Å²) >= 11 is 6.21. The molecule has 6 heteroatoms. The molecule has 4 N–H and O–H groups in total. The van der Waals surface area contributed by atoms with Crippen LogP contribution in [0.2, 0.25) is 5.02 Å². The first kappa shape index (κ1) is 13.8. The fourth-order valence-electron chi connectivity index (χ4n) is 2.55. The Morgan fingerprint density at radius 3 is 2.68 bits per heavy atom. The average molecular weight is 281 g/mol. The highest BCUT2D eigenvalue weighted by atomic mass is 35.5. The van der Waals surface area contributed by atoms with Crippen molar-refractivity contribution < 1.29 is 4.79 Å². The molecular formula is C13H17ClN4O. The molecule has 19 heavy (non-hydrogen) atoms. The van der Waals surface area contributed by atoms with E-state index in [1.807, 2.05) is 31.3 Å². The Morgan fingerprint density at radius 1 is 1.37 bits per heavy atom.